The van der Waals surface area contributed by atoms with Crippen LogP contribution in [0.2, 0.25) is 0 Å². The highest BCUT2D eigenvalue weighted by Crippen LogP contribution is 2.18. The lowest BCUT2D eigenvalue weighted by Gasteiger charge is -2.27. The van der Waals surface area contributed by atoms with Gasteiger partial charge in [-0.05, 0) is 32.9 Å². The molecule has 0 radical (unpaired) electrons. The van der Waals surface area contributed by atoms with Crippen molar-refractivity contribution in [3.8, 4) is 6.07 Å². The van der Waals surface area contributed by atoms with Gasteiger partial charge in [0, 0.05) is 7.05 Å². The molecule has 1 aromatic carbocycles. The number of carbonyl (C=O) groups excluding carboxylic acids is 3. The maximum absolute atomic E-state index is 12.5. The Balaban J connectivity index is 3.01. The number of nitriles is 1. The van der Waals surface area contributed by atoms with Crippen LogP contribution in [0.1, 0.15) is 27.2 Å². The lowest BCUT2D eigenvalue weighted by molar-refractivity contribution is -0.133. The van der Waals surface area contributed by atoms with Crippen LogP contribution in [0.5, 0.6) is 0 Å². The van der Waals surface area contributed by atoms with Gasteiger partial charge in [0.25, 0.3) is 5.91 Å². The molecule has 3 amide bonds. The predicted molar refractivity (Wildman–Crippen MR) is 88.0 cm³/mol. The Morgan fingerprint density at radius 3 is 2.21 bits per heavy atom. The SMILES string of the molecule is CN(CC(=O)N(C(=O)OC(C)(C)C)c1ccccc1)C(=O)CC#N. The zero-order valence-corrected chi connectivity index (χ0v) is 14.3. The van der Waals surface area contributed by atoms with E-state index < -0.39 is 23.5 Å². The largest absolute Gasteiger partial charge is 0.443 e. The van der Waals surface area contributed by atoms with Crippen molar-refractivity contribution in [1.82, 2.24) is 4.90 Å². The van der Waals surface area contributed by atoms with Crippen molar-refractivity contribution in [1.29, 1.82) is 5.26 Å². The van der Waals surface area contributed by atoms with E-state index in [4.69, 9.17) is 10.00 Å². The Bertz CT molecular complexity index is 644. The first-order valence-corrected chi connectivity index (χ1v) is 7.37. The number of ether oxygens (including phenoxy) is 1. The highest BCUT2D eigenvalue weighted by Gasteiger charge is 2.29. The van der Waals surface area contributed by atoms with Gasteiger partial charge in [0.05, 0.1) is 11.8 Å². The number of likely N-dealkylation sites (N-methyl/N-ethyl adjacent to an activating group) is 1. The molecular formula is C17H21N3O4. The maximum Gasteiger partial charge on any atom is 0.421 e. The van der Waals surface area contributed by atoms with Gasteiger partial charge in [-0.3, -0.25) is 9.59 Å². The number of para-hydroxylation sites is 1. The van der Waals surface area contributed by atoms with Crippen LogP contribution in [0.4, 0.5) is 10.5 Å². The Morgan fingerprint density at radius 2 is 1.71 bits per heavy atom. The average molecular weight is 331 g/mol. The maximum atomic E-state index is 12.5. The quantitative estimate of drug-likeness (QED) is 0.844. The lowest BCUT2D eigenvalue weighted by Crippen LogP contribution is -2.46. The van der Waals surface area contributed by atoms with E-state index in [0.29, 0.717) is 5.69 Å². The Kier molecular flexibility index (Phi) is 6.48. The van der Waals surface area contributed by atoms with E-state index in [9.17, 15) is 14.4 Å². The number of imide groups is 1. The van der Waals surface area contributed by atoms with Crippen molar-refractivity contribution in [3.63, 3.8) is 0 Å². The Hall–Kier alpha value is -2.88. The number of anilines is 1. The average Bonchev–Trinajstić information content (AvgIpc) is 2.46. The minimum atomic E-state index is -0.820. The molecule has 128 valence electrons. The molecule has 0 bridgehead atoms. The third kappa shape index (κ3) is 5.72. The molecular weight excluding hydrogens is 310 g/mol. The third-order valence-corrected chi connectivity index (χ3v) is 2.87. The summed E-state index contributed by atoms with van der Waals surface area (Å²) in [5.41, 5.74) is -0.426. The van der Waals surface area contributed by atoms with E-state index in [1.54, 1.807) is 57.2 Å². The summed E-state index contributed by atoms with van der Waals surface area (Å²) in [6, 6.07) is 10.0. The van der Waals surface area contributed by atoms with Gasteiger partial charge in [-0.25, -0.2) is 9.69 Å². The zero-order valence-electron chi connectivity index (χ0n) is 14.3. The number of nitrogens with zero attached hydrogens (tertiary/aromatic N) is 3. The van der Waals surface area contributed by atoms with Crippen LogP contribution in [0.3, 0.4) is 0 Å². The first-order chi connectivity index (χ1) is 11.2. The minimum absolute atomic E-state index is 0.332. The summed E-state index contributed by atoms with van der Waals surface area (Å²) in [5, 5.41) is 8.56. The van der Waals surface area contributed by atoms with Crippen molar-refractivity contribution >= 4 is 23.6 Å². The monoisotopic (exact) mass is 331 g/mol. The van der Waals surface area contributed by atoms with Gasteiger partial charge in [0.2, 0.25) is 5.91 Å². The first kappa shape index (κ1) is 19.2. The first-order valence-electron chi connectivity index (χ1n) is 7.37. The molecule has 0 spiro atoms. The minimum Gasteiger partial charge on any atom is -0.443 e. The van der Waals surface area contributed by atoms with E-state index in [0.717, 1.165) is 9.80 Å². The van der Waals surface area contributed by atoms with Crippen molar-refractivity contribution in [3.05, 3.63) is 30.3 Å². The molecule has 0 aliphatic heterocycles. The van der Waals surface area contributed by atoms with E-state index >= 15 is 0 Å². The van der Waals surface area contributed by atoms with Gasteiger partial charge < -0.3 is 9.64 Å². The van der Waals surface area contributed by atoms with Crippen LogP contribution < -0.4 is 4.90 Å². The molecule has 24 heavy (non-hydrogen) atoms. The summed E-state index contributed by atoms with van der Waals surface area (Å²) < 4.78 is 5.28. The summed E-state index contributed by atoms with van der Waals surface area (Å²) in [6.45, 7) is 4.75. The summed E-state index contributed by atoms with van der Waals surface area (Å²) in [5.74, 6) is -1.12. The highest BCUT2D eigenvalue weighted by molar-refractivity contribution is 6.13. The molecule has 0 atom stereocenters. The van der Waals surface area contributed by atoms with Crippen LogP contribution >= 0.6 is 0 Å². The van der Waals surface area contributed by atoms with Gasteiger partial charge in [-0.1, -0.05) is 18.2 Å². The molecule has 1 aromatic rings. The fourth-order valence-corrected chi connectivity index (χ4v) is 1.80. The van der Waals surface area contributed by atoms with Crippen molar-refractivity contribution in [2.45, 2.75) is 32.8 Å². The molecule has 0 aromatic heterocycles. The number of amides is 3. The Morgan fingerprint density at radius 1 is 1.12 bits per heavy atom. The third-order valence-electron chi connectivity index (χ3n) is 2.87. The summed E-state index contributed by atoms with van der Waals surface area (Å²) in [6.07, 6.45) is -1.15. The second kappa shape index (κ2) is 8.11. The normalized spacial score (nSPS) is 10.5. The van der Waals surface area contributed by atoms with Gasteiger partial charge in [0.1, 0.15) is 18.6 Å². The molecule has 0 aliphatic rings. The van der Waals surface area contributed by atoms with Gasteiger partial charge >= 0.3 is 6.09 Å². The van der Waals surface area contributed by atoms with Crippen LogP contribution in [0.25, 0.3) is 0 Å². The molecule has 0 saturated carbocycles. The molecule has 0 heterocycles. The molecule has 7 heteroatoms. The summed E-state index contributed by atoms with van der Waals surface area (Å²) >= 11 is 0. The van der Waals surface area contributed by atoms with Crippen LogP contribution in [0.15, 0.2) is 30.3 Å². The number of hydrogen-bond donors (Lipinski definition) is 0. The van der Waals surface area contributed by atoms with E-state index in [1.807, 2.05) is 0 Å². The van der Waals surface area contributed by atoms with Crippen LogP contribution in [0, 0.1) is 11.3 Å². The van der Waals surface area contributed by atoms with Crippen molar-refractivity contribution in [2.24, 2.45) is 0 Å². The van der Waals surface area contributed by atoms with Gasteiger partial charge in [-0.15, -0.1) is 0 Å². The zero-order chi connectivity index (χ0) is 18.3. The highest BCUT2D eigenvalue weighted by atomic mass is 16.6. The van der Waals surface area contributed by atoms with Crippen LogP contribution in [-0.4, -0.2) is 42.0 Å². The number of hydrogen-bond acceptors (Lipinski definition) is 5. The summed E-state index contributed by atoms with van der Waals surface area (Å²) in [7, 11) is 1.40. The topological polar surface area (TPSA) is 90.7 Å². The van der Waals surface area contributed by atoms with Crippen molar-refractivity contribution < 1.29 is 19.1 Å². The van der Waals surface area contributed by atoms with E-state index in [2.05, 4.69) is 0 Å². The molecule has 7 nitrogen and oxygen atoms in total. The second-order valence-electron chi connectivity index (χ2n) is 6.13. The molecule has 1 rings (SSSR count). The fourth-order valence-electron chi connectivity index (χ4n) is 1.80. The van der Waals surface area contributed by atoms with Crippen LogP contribution in [-0.2, 0) is 14.3 Å². The number of benzene rings is 1. The number of carbonyl (C=O) groups is 3. The van der Waals surface area contributed by atoms with Crippen molar-refractivity contribution in [2.75, 3.05) is 18.5 Å². The van der Waals surface area contributed by atoms with E-state index in [1.165, 1.54) is 7.05 Å². The van der Waals surface area contributed by atoms with Gasteiger partial charge in [0.15, 0.2) is 0 Å². The molecule has 0 unspecified atom stereocenters. The molecule has 0 N–H and O–H groups in total. The number of rotatable bonds is 4. The predicted octanol–water partition coefficient (Wildman–Crippen LogP) is 2.33. The molecule has 0 fully saturated rings. The standard InChI is InChI=1S/C17H21N3O4/c1-17(2,3)24-16(23)20(13-8-6-5-7-9-13)15(22)12-19(4)14(21)10-11-18/h5-9H,10,12H2,1-4H3. The smallest absolute Gasteiger partial charge is 0.421 e. The molecule has 0 saturated heterocycles. The van der Waals surface area contributed by atoms with Gasteiger partial charge in [-0.2, -0.15) is 5.26 Å². The molecule has 0 aliphatic carbocycles. The van der Waals surface area contributed by atoms with E-state index in [-0.39, 0.29) is 13.0 Å². The fraction of sp³-hybridized carbons (Fsp3) is 0.412. The second-order valence-corrected chi connectivity index (χ2v) is 6.13. The summed E-state index contributed by atoms with van der Waals surface area (Å²) in [4.78, 5) is 38.6. The lowest BCUT2D eigenvalue weighted by atomic mass is 10.2. The Labute approximate surface area is 141 Å².